The van der Waals surface area contributed by atoms with Crippen molar-refractivity contribution in [2.75, 3.05) is 0 Å². The molecular weight excluding hydrogens is 216 g/mol. The predicted molar refractivity (Wildman–Crippen MR) is 84.8 cm³/mol. The van der Waals surface area contributed by atoms with Gasteiger partial charge in [0.2, 0.25) is 0 Å². The molecule has 0 amide bonds. The summed E-state index contributed by atoms with van der Waals surface area (Å²) >= 11 is 0. The van der Waals surface area contributed by atoms with Crippen molar-refractivity contribution in [2.45, 2.75) is 54.4 Å². The normalized spacial score (nSPS) is 11.9. The number of rotatable bonds is 3. The second kappa shape index (κ2) is 9.70. The van der Waals surface area contributed by atoms with Crippen LogP contribution in [-0.4, -0.2) is 0 Å². The van der Waals surface area contributed by atoms with Crippen LogP contribution in [0.2, 0.25) is 0 Å². The molecule has 0 heterocycles. The molecule has 0 saturated heterocycles. The summed E-state index contributed by atoms with van der Waals surface area (Å²) < 4.78 is 0. The largest absolute Gasteiger partial charge is 0.0845 e. The molecule has 0 unspecified atom stereocenters. The fourth-order valence-electron chi connectivity index (χ4n) is 1.63. The van der Waals surface area contributed by atoms with E-state index >= 15 is 0 Å². The Morgan fingerprint density at radius 3 is 2.11 bits per heavy atom. The quantitative estimate of drug-likeness (QED) is 0.558. The Kier molecular flexibility index (Phi) is 9.00. The highest BCUT2D eigenvalue weighted by Gasteiger charge is 2.00. The zero-order valence-electron chi connectivity index (χ0n) is 12.9. The smallest absolute Gasteiger partial charge is 0.0195 e. The minimum atomic E-state index is 1.10. The van der Waals surface area contributed by atoms with Crippen LogP contribution in [0, 0.1) is 6.92 Å². The van der Waals surface area contributed by atoms with Crippen molar-refractivity contribution in [3.05, 3.63) is 53.1 Å². The molecule has 1 rings (SSSR count). The molecule has 1 aromatic rings. The van der Waals surface area contributed by atoms with Gasteiger partial charge in [0.1, 0.15) is 0 Å². The van der Waals surface area contributed by atoms with E-state index in [1.54, 1.807) is 0 Å². The predicted octanol–water partition coefficient (Wildman–Crippen LogP) is 6.17. The highest BCUT2D eigenvalue weighted by molar-refractivity contribution is 5.70. The van der Waals surface area contributed by atoms with Gasteiger partial charge in [0, 0.05) is 0 Å². The van der Waals surface area contributed by atoms with Gasteiger partial charge in [-0.2, -0.15) is 0 Å². The van der Waals surface area contributed by atoms with Crippen LogP contribution in [0.1, 0.15) is 58.6 Å². The molecule has 1 aromatic carbocycles. The van der Waals surface area contributed by atoms with Crippen molar-refractivity contribution < 1.29 is 0 Å². The number of benzene rings is 1. The monoisotopic (exact) mass is 244 g/mol. The summed E-state index contributed by atoms with van der Waals surface area (Å²) in [6.07, 6.45) is 6.76. The average molecular weight is 244 g/mol. The summed E-state index contributed by atoms with van der Waals surface area (Å²) in [5, 5.41) is 0. The van der Waals surface area contributed by atoms with Crippen LogP contribution in [0.5, 0.6) is 0 Å². The van der Waals surface area contributed by atoms with Crippen molar-refractivity contribution in [1.29, 1.82) is 0 Å². The van der Waals surface area contributed by atoms with Crippen molar-refractivity contribution >= 4 is 5.57 Å². The van der Waals surface area contributed by atoms with Crippen LogP contribution in [0.25, 0.3) is 5.57 Å². The lowest BCUT2D eigenvalue weighted by atomic mass is 9.98. The Hall–Kier alpha value is -1.30. The summed E-state index contributed by atoms with van der Waals surface area (Å²) in [6, 6.07) is 8.54. The van der Waals surface area contributed by atoms with Gasteiger partial charge in [-0.05, 0) is 49.5 Å². The molecule has 18 heavy (non-hydrogen) atoms. The average Bonchev–Trinajstić information content (AvgIpc) is 2.36. The molecule has 0 saturated carbocycles. The maximum Gasteiger partial charge on any atom is -0.0195 e. The number of hydrogen-bond acceptors (Lipinski definition) is 0. The first-order valence-corrected chi connectivity index (χ1v) is 6.98. The Morgan fingerprint density at radius 2 is 1.61 bits per heavy atom. The second-order valence-corrected chi connectivity index (χ2v) is 4.64. The molecule has 0 aliphatic carbocycles. The van der Waals surface area contributed by atoms with E-state index in [0.29, 0.717) is 0 Å². The van der Waals surface area contributed by atoms with Crippen molar-refractivity contribution in [3.8, 4) is 0 Å². The summed E-state index contributed by atoms with van der Waals surface area (Å²) in [6.45, 7) is 12.9. The Balaban J connectivity index is 0.000000873. The maximum absolute atomic E-state index is 2.21. The molecular formula is C18H28. The lowest BCUT2D eigenvalue weighted by molar-refractivity contribution is 1.09. The molecule has 0 aromatic heterocycles. The number of allylic oxidation sites excluding steroid dienone is 4. The molecule has 0 aliphatic heterocycles. The lowest BCUT2D eigenvalue weighted by Gasteiger charge is -2.08. The molecule has 0 aliphatic rings. The van der Waals surface area contributed by atoms with Crippen molar-refractivity contribution in [3.63, 3.8) is 0 Å². The van der Waals surface area contributed by atoms with Gasteiger partial charge in [-0.15, -0.1) is 0 Å². The maximum atomic E-state index is 2.21. The van der Waals surface area contributed by atoms with E-state index in [9.17, 15) is 0 Å². The highest BCUT2D eigenvalue weighted by Crippen LogP contribution is 2.21. The molecule has 0 bridgehead atoms. The standard InChI is InChI=1S/C15H20.C3H8/c1-5-6-9-12(2)14(4)15-11-8-7-10-13(15)3;1-3-2/h6-11H,5H2,1-4H3;3H2,1-2H3/b9-6-,14-12+;. The van der Waals surface area contributed by atoms with Crippen molar-refractivity contribution in [1.82, 2.24) is 0 Å². The molecule has 100 valence electrons. The third-order valence-electron chi connectivity index (χ3n) is 2.74. The van der Waals surface area contributed by atoms with E-state index in [1.165, 1.54) is 28.7 Å². The molecule has 0 heteroatoms. The zero-order chi connectivity index (χ0) is 14.0. The van der Waals surface area contributed by atoms with E-state index in [2.05, 4.69) is 78.0 Å². The van der Waals surface area contributed by atoms with E-state index in [4.69, 9.17) is 0 Å². The van der Waals surface area contributed by atoms with Gasteiger partial charge in [0.25, 0.3) is 0 Å². The molecule has 0 spiro atoms. The first-order chi connectivity index (χ1) is 8.58. The van der Waals surface area contributed by atoms with E-state index < -0.39 is 0 Å². The molecule has 0 radical (unpaired) electrons. The van der Waals surface area contributed by atoms with Gasteiger partial charge < -0.3 is 0 Å². The van der Waals surface area contributed by atoms with Crippen LogP contribution in [0.3, 0.4) is 0 Å². The summed E-state index contributed by atoms with van der Waals surface area (Å²) in [4.78, 5) is 0. The Labute approximate surface area is 113 Å². The van der Waals surface area contributed by atoms with Gasteiger partial charge in [0.15, 0.2) is 0 Å². The number of aryl methyl sites for hydroxylation is 1. The highest BCUT2D eigenvalue weighted by atomic mass is 14.1. The van der Waals surface area contributed by atoms with Crippen LogP contribution in [0.15, 0.2) is 42.0 Å². The molecule has 0 fully saturated rings. The van der Waals surface area contributed by atoms with Gasteiger partial charge in [-0.3, -0.25) is 0 Å². The zero-order valence-corrected chi connectivity index (χ0v) is 12.9. The first-order valence-electron chi connectivity index (χ1n) is 6.98. The molecule has 0 atom stereocenters. The molecule has 0 N–H and O–H groups in total. The summed E-state index contributed by atoms with van der Waals surface area (Å²) in [5.41, 5.74) is 5.43. The summed E-state index contributed by atoms with van der Waals surface area (Å²) in [5.74, 6) is 0. The third-order valence-corrected chi connectivity index (χ3v) is 2.74. The topological polar surface area (TPSA) is 0 Å². The Morgan fingerprint density at radius 1 is 1.06 bits per heavy atom. The minimum Gasteiger partial charge on any atom is -0.0845 e. The SMILES string of the molecule is CC/C=C\C(C)=C(/C)c1ccccc1C.CCC. The van der Waals surface area contributed by atoms with Crippen LogP contribution in [0.4, 0.5) is 0 Å². The van der Waals surface area contributed by atoms with E-state index in [0.717, 1.165) is 6.42 Å². The van der Waals surface area contributed by atoms with Crippen LogP contribution < -0.4 is 0 Å². The fraction of sp³-hybridized carbons (Fsp3) is 0.444. The first kappa shape index (κ1) is 16.7. The number of hydrogen-bond donors (Lipinski definition) is 0. The van der Waals surface area contributed by atoms with Gasteiger partial charge in [0.05, 0.1) is 0 Å². The Bertz CT molecular complexity index is 394. The lowest BCUT2D eigenvalue weighted by Crippen LogP contribution is -1.87. The molecule has 0 nitrogen and oxygen atoms in total. The third kappa shape index (κ3) is 5.86. The van der Waals surface area contributed by atoms with E-state index in [-0.39, 0.29) is 0 Å². The fourth-order valence-corrected chi connectivity index (χ4v) is 1.63. The van der Waals surface area contributed by atoms with Crippen LogP contribution >= 0.6 is 0 Å². The summed E-state index contributed by atoms with van der Waals surface area (Å²) in [7, 11) is 0. The second-order valence-electron chi connectivity index (χ2n) is 4.64. The van der Waals surface area contributed by atoms with Gasteiger partial charge in [-0.25, -0.2) is 0 Å². The van der Waals surface area contributed by atoms with Gasteiger partial charge in [-0.1, -0.05) is 63.6 Å². The van der Waals surface area contributed by atoms with E-state index in [1.807, 2.05) is 0 Å². The van der Waals surface area contributed by atoms with Crippen LogP contribution in [-0.2, 0) is 0 Å². The van der Waals surface area contributed by atoms with Gasteiger partial charge >= 0.3 is 0 Å². The minimum absolute atomic E-state index is 1.10. The van der Waals surface area contributed by atoms with Crippen molar-refractivity contribution in [2.24, 2.45) is 0 Å².